The lowest BCUT2D eigenvalue weighted by atomic mass is 9.84. The predicted molar refractivity (Wildman–Crippen MR) is 127 cm³/mol. The fourth-order valence-corrected chi connectivity index (χ4v) is 4.09. The fraction of sp³-hybridized carbons (Fsp3) is 0.462. The maximum Gasteiger partial charge on any atom is 0.313 e. The lowest BCUT2D eigenvalue weighted by molar-refractivity contribution is -0.142. The summed E-state index contributed by atoms with van der Waals surface area (Å²) in [4.78, 5) is 27.1. The number of ether oxygens (including phenoxy) is 2. The van der Waals surface area contributed by atoms with Crippen LogP contribution in [0.3, 0.4) is 0 Å². The molecule has 7 heteroatoms. The number of benzene rings is 2. The second-order valence-electron chi connectivity index (χ2n) is 8.84. The molecule has 0 saturated carbocycles. The van der Waals surface area contributed by atoms with Gasteiger partial charge in [-0.3, -0.25) is 9.59 Å². The van der Waals surface area contributed by atoms with Gasteiger partial charge in [-0.15, -0.1) is 0 Å². The molecule has 1 fully saturated rings. The van der Waals surface area contributed by atoms with Gasteiger partial charge in [-0.25, -0.2) is 0 Å². The molecular weight excluding hydrogens is 420 g/mol. The molecule has 0 aliphatic carbocycles. The Hall–Kier alpha value is -3.06. The first-order chi connectivity index (χ1) is 15.8. The zero-order chi connectivity index (χ0) is 24.0. The summed E-state index contributed by atoms with van der Waals surface area (Å²) in [6, 6.07) is 12.8. The Morgan fingerprint density at radius 1 is 1.09 bits per heavy atom. The van der Waals surface area contributed by atoms with E-state index in [0.717, 1.165) is 31.5 Å². The standard InChI is InChI=1S/C26H34N2O5/c1-5-33-23-16-18(6-11-22(23)32-4)17-28(21-12-14-27-15-13-21)24(29)19-7-9-20(10-8-19)26(2,3)25(30)31/h6-11,16,21,27H,5,12-15,17H2,1-4H3,(H,30,31). The summed E-state index contributed by atoms with van der Waals surface area (Å²) in [5.41, 5.74) is 1.16. The second kappa shape index (κ2) is 10.7. The van der Waals surface area contributed by atoms with E-state index in [4.69, 9.17) is 9.47 Å². The summed E-state index contributed by atoms with van der Waals surface area (Å²) in [5, 5.41) is 12.9. The van der Waals surface area contributed by atoms with Gasteiger partial charge in [-0.05, 0) is 82.1 Å². The molecule has 2 aromatic rings. The van der Waals surface area contributed by atoms with Crippen LogP contribution in [0.25, 0.3) is 0 Å². The molecule has 0 bridgehead atoms. The molecule has 178 valence electrons. The van der Waals surface area contributed by atoms with Crippen LogP contribution < -0.4 is 14.8 Å². The number of carboxylic acids is 1. The number of amides is 1. The molecule has 1 heterocycles. The van der Waals surface area contributed by atoms with Gasteiger partial charge in [-0.2, -0.15) is 0 Å². The predicted octanol–water partition coefficient (Wildman–Crippen LogP) is 3.85. The maximum absolute atomic E-state index is 13.6. The molecular formula is C26H34N2O5. The van der Waals surface area contributed by atoms with Crippen molar-refractivity contribution < 1.29 is 24.2 Å². The number of piperidine rings is 1. The Morgan fingerprint density at radius 2 is 1.76 bits per heavy atom. The van der Waals surface area contributed by atoms with Gasteiger partial charge in [0.15, 0.2) is 11.5 Å². The Labute approximate surface area is 195 Å². The number of hydrogen-bond donors (Lipinski definition) is 2. The minimum Gasteiger partial charge on any atom is -0.493 e. The molecule has 3 rings (SSSR count). The van der Waals surface area contributed by atoms with Crippen LogP contribution in [0.1, 0.15) is 55.1 Å². The summed E-state index contributed by atoms with van der Waals surface area (Å²) in [5.74, 6) is 0.366. The average Bonchev–Trinajstić information content (AvgIpc) is 2.83. The first-order valence-electron chi connectivity index (χ1n) is 11.4. The number of carbonyl (C=O) groups is 2. The molecule has 1 aliphatic rings. The van der Waals surface area contributed by atoms with E-state index in [-0.39, 0.29) is 11.9 Å². The van der Waals surface area contributed by atoms with Gasteiger partial charge >= 0.3 is 5.97 Å². The Kier molecular flexibility index (Phi) is 7.97. The largest absolute Gasteiger partial charge is 0.493 e. The first kappa shape index (κ1) is 24.6. The molecule has 0 unspecified atom stereocenters. The summed E-state index contributed by atoms with van der Waals surface area (Å²) < 4.78 is 11.1. The molecule has 0 radical (unpaired) electrons. The zero-order valence-corrected chi connectivity index (χ0v) is 19.9. The third-order valence-corrected chi connectivity index (χ3v) is 6.28. The summed E-state index contributed by atoms with van der Waals surface area (Å²) in [6.07, 6.45) is 1.76. The third kappa shape index (κ3) is 5.66. The maximum atomic E-state index is 13.6. The highest BCUT2D eigenvalue weighted by molar-refractivity contribution is 5.94. The van der Waals surface area contributed by atoms with Gasteiger partial charge in [0.2, 0.25) is 0 Å². The van der Waals surface area contributed by atoms with Gasteiger partial charge in [-0.1, -0.05) is 18.2 Å². The monoisotopic (exact) mass is 454 g/mol. The number of hydrogen-bond acceptors (Lipinski definition) is 5. The van der Waals surface area contributed by atoms with E-state index in [2.05, 4.69) is 5.32 Å². The molecule has 2 aromatic carbocycles. The van der Waals surface area contributed by atoms with Crippen molar-refractivity contribution in [3.05, 3.63) is 59.2 Å². The number of carbonyl (C=O) groups excluding carboxylic acids is 1. The molecule has 0 atom stereocenters. The van der Waals surface area contributed by atoms with E-state index in [9.17, 15) is 14.7 Å². The van der Waals surface area contributed by atoms with Crippen LogP contribution in [0, 0.1) is 0 Å². The van der Waals surface area contributed by atoms with E-state index in [1.807, 2.05) is 30.0 Å². The van der Waals surface area contributed by atoms with Crippen molar-refractivity contribution in [2.24, 2.45) is 0 Å². The number of methoxy groups -OCH3 is 1. The number of carboxylic acid groups (broad SMARTS) is 1. The van der Waals surface area contributed by atoms with Gasteiger partial charge < -0.3 is 24.8 Å². The average molecular weight is 455 g/mol. The van der Waals surface area contributed by atoms with Crippen molar-refractivity contribution in [2.75, 3.05) is 26.8 Å². The van der Waals surface area contributed by atoms with Crippen LogP contribution in [0.15, 0.2) is 42.5 Å². The van der Waals surface area contributed by atoms with Gasteiger partial charge in [0.05, 0.1) is 19.1 Å². The molecule has 1 saturated heterocycles. The minimum absolute atomic E-state index is 0.0599. The van der Waals surface area contributed by atoms with Crippen molar-refractivity contribution in [1.29, 1.82) is 0 Å². The quantitative estimate of drug-likeness (QED) is 0.598. The minimum atomic E-state index is -1.02. The van der Waals surface area contributed by atoms with E-state index < -0.39 is 11.4 Å². The molecule has 1 amide bonds. The van der Waals surface area contributed by atoms with Crippen LogP contribution in [0.2, 0.25) is 0 Å². The lowest BCUT2D eigenvalue weighted by Crippen LogP contribution is -2.45. The van der Waals surface area contributed by atoms with Crippen LogP contribution in [0.4, 0.5) is 0 Å². The van der Waals surface area contributed by atoms with E-state index in [1.165, 1.54) is 0 Å². The number of nitrogens with one attached hydrogen (secondary N) is 1. The van der Waals surface area contributed by atoms with Crippen molar-refractivity contribution in [2.45, 2.75) is 51.6 Å². The van der Waals surface area contributed by atoms with Crippen molar-refractivity contribution in [3.8, 4) is 11.5 Å². The Bertz CT molecular complexity index is 965. The van der Waals surface area contributed by atoms with Crippen molar-refractivity contribution >= 4 is 11.9 Å². The molecule has 2 N–H and O–H groups in total. The second-order valence-corrected chi connectivity index (χ2v) is 8.84. The van der Waals surface area contributed by atoms with Crippen LogP contribution in [-0.4, -0.2) is 54.7 Å². The van der Waals surface area contributed by atoms with Gasteiger partial charge in [0.25, 0.3) is 5.91 Å². The first-order valence-corrected chi connectivity index (χ1v) is 11.4. The molecule has 0 aromatic heterocycles. The SMILES string of the molecule is CCOc1cc(CN(C(=O)c2ccc(C(C)(C)C(=O)O)cc2)C2CCNCC2)ccc1OC. The van der Waals surface area contributed by atoms with Crippen LogP contribution in [-0.2, 0) is 16.8 Å². The molecule has 0 spiro atoms. The lowest BCUT2D eigenvalue weighted by Gasteiger charge is -2.35. The Morgan fingerprint density at radius 3 is 2.33 bits per heavy atom. The van der Waals surface area contributed by atoms with Crippen molar-refractivity contribution in [3.63, 3.8) is 0 Å². The third-order valence-electron chi connectivity index (χ3n) is 6.28. The van der Waals surface area contributed by atoms with E-state index in [1.54, 1.807) is 45.2 Å². The summed E-state index contributed by atoms with van der Waals surface area (Å²) in [6.45, 7) is 7.96. The van der Waals surface area contributed by atoms with Gasteiger partial charge in [0.1, 0.15) is 0 Å². The normalized spacial score (nSPS) is 14.5. The Balaban J connectivity index is 1.89. The summed E-state index contributed by atoms with van der Waals surface area (Å²) in [7, 11) is 1.61. The zero-order valence-electron chi connectivity index (χ0n) is 19.9. The van der Waals surface area contributed by atoms with Crippen LogP contribution >= 0.6 is 0 Å². The van der Waals surface area contributed by atoms with Crippen molar-refractivity contribution in [1.82, 2.24) is 10.2 Å². The van der Waals surface area contributed by atoms with Gasteiger partial charge in [0, 0.05) is 18.2 Å². The highest BCUT2D eigenvalue weighted by atomic mass is 16.5. The van der Waals surface area contributed by atoms with Crippen LogP contribution in [0.5, 0.6) is 11.5 Å². The smallest absolute Gasteiger partial charge is 0.313 e. The fourth-order valence-electron chi connectivity index (χ4n) is 4.09. The number of aliphatic carboxylic acids is 1. The number of rotatable bonds is 9. The van der Waals surface area contributed by atoms with E-state index in [0.29, 0.717) is 35.8 Å². The van der Waals surface area contributed by atoms with E-state index >= 15 is 0 Å². The molecule has 33 heavy (non-hydrogen) atoms. The highest BCUT2D eigenvalue weighted by Gasteiger charge is 2.30. The molecule has 1 aliphatic heterocycles. The molecule has 7 nitrogen and oxygen atoms in total. The topological polar surface area (TPSA) is 88.1 Å². The summed E-state index contributed by atoms with van der Waals surface area (Å²) >= 11 is 0. The highest BCUT2D eigenvalue weighted by Crippen LogP contribution is 2.30. The number of nitrogens with zero attached hydrogens (tertiary/aromatic N) is 1.